The van der Waals surface area contributed by atoms with Crippen LogP contribution in [0.25, 0.3) is 10.9 Å². The largest absolute Gasteiger partial charge is 0.362 e. The molecule has 1 saturated carbocycles. The van der Waals surface area contributed by atoms with E-state index in [1.165, 1.54) is 0 Å². The molecule has 1 heterocycles. The fourth-order valence-corrected chi connectivity index (χ4v) is 4.46. The van der Waals surface area contributed by atoms with Gasteiger partial charge in [0.05, 0.1) is 16.2 Å². The third-order valence-electron chi connectivity index (χ3n) is 6.11. The molecule has 8 heteroatoms. The number of amides is 2. The smallest absolute Gasteiger partial charge is 0.319 e. The fourth-order valence-electron chi connectivity index (χ4n) is 4.30. The number of fused-ring (bicyclic) bond motifs is 1. The standard InChI is InChI=1S/C25H31ClN6O/c1-16-8-13-20(26)22(14-16)30-25(33)27-15-17-9-11-18(12-10-17)28-24-29-21-7-5-4-6-19(21)23(31-24)32(2)3/h4-8,13-14,17-18H,9-12,15H2,1-3H3,(H2,27,30,33)(H,28,29,31)/t17-,18+. The number of aryl methyl sites for hydroxylation is 1. The number of anilines is 3. The molecule has 7 nitrogen and oxygen atoms in total. The van der Waals surface area contributed by atoms with Gasteiger partial charge in [-0.3, -0.25) is 0 Å². The first kappa shape index (κ1) is 23.1. The Kier molecular flexibility index (Phi) is 7.18. The number of hydrogen-bond acceptors (Lipinski definition) is 5. The van der Waals surface area contributed by atoms with Crippen LogP contribution in [-0.4, -0.2) is 42.7 Å². The van der Waals surface area contributed by atoms with Crippen LogP contribution in [0.5, 0.6) is 0 Å². The van der Waals surface area contributed by atoms with E-state index in [1.54, 1.807) is 6.07 Å². The van der Waals surface area contributed by atoms with Gasteiger partial charge in [-0.2, -0.15) is 4.98 Å². The van der Waals surface area contributed by atoms with E-state index in [-0.39, 0.29) is 6.03 Å². The maximum Gasteiger partial charge on any atom is 0.319 e. The number of carbonyl (C=O) groups excluding carboxylic acids is 1. The minimum atomic E-state index is -0.219. The predicted octanol–water partition coefficient (Wildman–Crippen LogP) is 5.45. The minimum absolute atomic E-state index is 0.219. The molecule has 1 aromatic heterocycles. The van der Waals surface area contributed by atoms with Gasteiger partial charge in [-0.15, -0.1) is 0 Å². The fraction of sp³-hybridized carbons (Fsp3) is 0.400. The Balaban J connectivity index is 1.28. The zero-order valence-electron chi connectivity index (χ0n) is 19.4. The van der Waals surface area contributed by atoms with Crippen LogP contribution in [0.4, 0.5) is 22.2 Å². The van der Waals surface area contributed by atoms with E-state index >= 15 is 0 Å². The number of urea groups is 1. The van der Waals surface area contributed by atoms with E-state index in [1.807, 2.05) is 56.3 Å². The summed E-state index contributed by atoms with van der Waals surface area (Å²) in [6.45, 7) is 2.62. The van der Waals surface area contributed by atoms with Crippen molar-refractivity contribution in [3.05, 3.63) is 53.1 Å². The highest BCUT2D eigenvalue weighted by molar-refractivity contribution is 6.33. The summed E-state index contributed by atoms with van der Waals surface area (Å²) in [6, 6.07) is 13.8. The second kappa shape index (κ2) is 10.3. The van der Waals surface area contributed by atoms with Crippen LogP contribution >= 0.6 is 11.6 Å². The van der Waals surface area contributed by atoms with E-state index in [0.29, 0.717) is 35.2 Å². The number of nitrogens with zero attached hydrogens (tertiary/aromatic N) is 3. The molecule has 2 aromatic carbocycles. The lowest BCUT2D eigenvalue weighted by molar-refractivity contribution is 0.246. The van der Waals surface area contributed by atoms with Crippen molar-refractivity contribution in [1.82, 2.24) is 15.3 Å². The van der Waals surface area contributed by atoms with Crippen LogP contribution < -0.4 is 20.9 Å². The maximum atomic E-state index is 12.3. The minimum Gasteiger partial charge on any atom is -0.362 e. The summed E-state index contributed by atoms with van der Waals surface area (Å²) in [5.41, 5.74) is 2.62. The van der Waals surface area contributed by atoms with E-state index in [9.17, 15) is 4.79 Å². The predicted molar refractivity (Wildman–Crippen MR) is 136 cm³/mol. The van der Waals surface area contributed by atoms with Gasteiger partial charge in [0, 0.05) is 32.1 Å². The molecule has 0 bridgehead atoms. The van der Waals surface area contributed by atoms with Crippen molar-refractivity contribution in [1.29, 1.82) is 0 Å². The van der Waals surface area contributed by atoms with Crippen LogP contribution in [-0.2, 0) is 0 Å². The molecule has 3 N–H and O–H groups in total. The van der Waals surface area contributed by atoms with Crippen molar-refractivity contribution in [2.45, 2.75) is 38.6 Å². The van der Waals surface area contributed by atoms with E-state index in [4.69, 9.17) is 21.6 Å². The van der Waals surface area contributed by atoms with Crippen molar-refractivity contribution in [3.8, 4) is 0 Å². The summed E-state index contributed by atoms with van der Waals surface area (Å²) in [5, 5.41) is 11.0. The van der Waals surface area contributed by atoms with Crippen molar-refractivity contribution < 1.29 is 4.79 Å². The number of benzene rings is 2. The van der Waals surface area contributed by atoms with Gasteiger partial charge in [-0.05, 0) is 68.4 Å². The molecule has 33 heavy (non-hydrogen) atoms. The SMILES string of the molecule is Cc1ccc(Cl)c(NC(=O)NC[C@H]2CC[C@@H](Nc3nc(N(C)C)c4ccccc4n3)CC2)c1. The Hall–Kier alpha value is -3.06. The molecule has 1 aliphatic carbocycles. The summed E-state index contributed by atoms with van der Waals surface area (Å²) < 4.78 is 0. The van der Waals surface area contributed by atoms with Gasteiger partial charge in [0.1, 0.15) is 5.82 Å². The van der Waals surface area contributed by atoms with Gasteiger partial charge in [0.2, 0.25) is 5.95 Å². The third kappa shape index (κ3) is 5.85. The molecule has 0 spiro atoms. The Labute approximate surface area is 199 Å². The second-order valence-electron chi connectivity index (χ2n) is 8.96. The lowest BCUT2D eigenvalue weighted by Crippen LogP contribution is -2.36. The molecule has 4 rings (SSSR count). The molecule has 0 saturated heterocycles. The number of halogens is 1. The summed E-state index contributed by atoms with van der Waals surface area (Å²) in [6.07, 6.45) is 4.12. The normalized spacial score (nSPS) is 18.1. The quantitative estimate of drug-likeness (QED) is 0.450. The Morgan fingerprint density at radius 3 is 2.61 bits per heavy atom. The lowest BCUT2D eigenvalue weighted by atomic mass is 9.86. The number of hydrogen-bond donors (Lipinski definition) is 3. The summed E-state index contributed by atoms with van der Waals surface area (Å²) >= 11 is 6.17. The topological polar surface area (TPSA) is 82.2 Å². The van der Waals surface area contributed by atoms with Crippen molar-refractivity contribution in [2.75, 3.05) is 36.2 Å². The Morgan fingerprint density at radius 2 is 1.85 bits per heavy atom. The number of nitrogens with one attached hydrogen (secondary N) is 3. The van der Waals surface area contributed by atoms with Gasteiger partial charge >= 0.3 is 6.03 Å². The van der Waals surface area contributed by atoms with Crippen LogP contribution in [0, 0.1) is 12.8 Å². The molecule has 0 atom stereocenters. The molecule has 0 unspecified atom stereocenters. The average molecular weight is 467 g/mol. The van der Waals surface area contributed by atoms with Crippen molar-refractivity contribution in [2.24, 2.45) is 5.92 Å². The van der Waals surface area contributed by atoms with Crippen LogP contribution in [0.3, 0.4) is 0 Å². The second-order valence-corrected chi connectivity index (χ2v) is 9.37. The molecular formula is C25H31ClN6O. The summed E-state index contributed by atoms with van der Waals surface area (Å²) in [4.78, 5) is 23.8. The molecule has 174 valence electrons. The van der Waals surface area contributed by atoms with Crippen molar-refractivity contribution in [3.63, 3.8) is 0 Å². The third-order valence-corrected chi connectivity index (χ3v) is 6.44. The number of aromatic nitrogens is 2. The van der Waals surface area contributed by atoms with Crippen LogP contribution in [0.15, 0.2) is 42.5 Å². The summed E-state index contributed by atoms with van der Waals surface area (Å²) in [7, 11) is 4.00. The zero-order chi connectivity index (χ0) is 23.4. The zero-order valence-corrected chi connectivity index (χ0v) is 20.1. The van der Waals surface area contributed by atoms with Gasteiger partial charge in [0.25, 0.3) is 0 Å². The Bertz CT molecular complexity index is 1130. The highest BCUT2D eigenvalue weighted by atomic mass is 35.5. The molecule has 0 aliphatic heterocycles. The van der Waals surface area contributed by atoms with Crippen molar-refractivity contribution >= 4 is 46.0 Å². The van der Waals surface area contributed by atoms with E-state index < -0.39 is 0 Å². The van der Waals surface area contributed by atoms with Crippen LogP contribution in [0.2, 0.25) is 5.02 Å². The maximum absolute atomic E-state index is 12.3. The average Bonchev–Trinajstić information content (AvgIpc) is 2.80. The summed E-state index contributed by atoms with van der Waals surface area (Å²) in [5.74, 6) is 2.05. The van der Waals surface area contributed by atoms with Gasteiger partial charge in [-0.25, -0.2) is 9.78 Å². The molecule has 0 radical (unpaired) electrons. The first-order valence-electron chi connectivity index (χ1n) is 11.4. The van der Waals surface area contributed by atoms with E-state index in [0.717, 1.165) is 48.0 Å². The first-order chi connectivity index (χ1) is 15.9. The van der Waals surface area contributed by atoms with Crippen LogP contribution in [0.1, 0.15) is 31.2 Å². The molecular weight excluding hydrogens is 436 g/mol. The molecule has 1 aliphatic rings. The molecule has 2 amide bonds. The molecule has 1 fully saturated rings. The number of carbonyl (C=O) groups is 1. The van der Waals surface area contributed by atoms with E-state index in [2.05, 4.69) is 22.0 Å². The molecule has 3 aromatic rings. The highest BCUT2D eigenvalue weighted by Gasteiger charge is 2.23. The van der Waals surface area contributed by atoms with Gasteiger partial charge < -0.3 is 20.9 Å². The monoisotopic (exact) mass is 466 g/mol. The number of para-hydroxylation sites is 1. The number of rotatable bonds is 6. The first-order valence-corrected chi connectivity index (χ1v) is 11.8. The van der Waals surface area contributed by atoms with Gasteiger partial charge in [0.15, 0.2) is 0 Å². The lowest BCUT2D eigenvalue weighted by Gasteiger charge is -2.29. The highest BCUT2D eigenvalue weighted by Crippen LogP contribution is 2.28. The Morgan fingerprint density at radius 1 is 1.09 bits per heavy atom. The van der Waals surface area contributed by atoms with Gasteiger partial charge in [-0.1, -0.05) is 29.8 Å².